The van der Waals surface area contributed by atoms with E-state index < -0.39 is 11.8 Å². The number of carbonyl (C=O) groups is 1. The minimum absolute atomic E-state index is 0.00516. The van der Waals surface area contributed by atoms with Gasteiger partial charge in [0.1, 0.15) is 19.0 Å². The fourth-order valence-electron chi connectivity index (χ4n) is 4.20. The Balaban J connectivity index is 1.41. The molecule has 0 radical (unpaired) electrons. The Labute approximate surface area is 196 Å². The number of phenolic OH excluding ortho intramolecular Hbond substituents is 1. The molecule has 3 aromatic carbocycles. The number of hydrogen-bond acceptors (Lipinski definition) is 5. The fourth-order valence-corrected chi connectivity index (χ4v) is 4.20. The second-order valence-electron chi connectivity index (χ2n) is 8.01. The van der Waals surface area contributed by atoms with Gasteiger partial charge in [-0.05, 0) is 65.9 Å². The molecule has 5 nitrogen and oxygen atoms in total. The van der Waals surface area contributed by atoms with Crippen molar-refractivity contribution in [1.82, 2.24) is 4.98 Å². The first-order valence-corrected chi connectivity index (χ1v) is 11.1. The molecule has 1 aliphatic carbocycles. The summed E-state index contributed by atoms with van der Waals surface area (Å²) in [6, 6.07) is 20.6. The van der Waals surface area contributed by atoms with Gasteiger partial charge in [0.05, 0.1) is 16.8 Å². The van der Waals surface area contributed by atoms with Crippen molar-refractivity contribution < 1.29 is 23.8 Å². The lowest BCUT2D eigenvalue weighted by atomic mass is 10.0. The Hall–Kier alpha value is -4.19. The van der Waals surface area contributed by atoms with Crippen LogP contribution in [-0.4, -0.2) is 29.3 Å². The molecule has 0 fully saturated rings. The molecule has 0 amide bonds. The third kappa shape index (κ3) is 4.35. The number of rotatable bonds is 6. The van der Waals surface area contributed by atoms with Crippen molar-refractivity contribution in [3.8, 4) is 11.5 Å². The van der Waals surface area contributed by atoms with E-state index in [4.69, 9.17) is 14.5 Å². The van der Waals surface area contributed by atoms with Crippen molar-refractivity contribution in [3.05, 3.63) is 101 Å². The average molecular weight is 455 g/mol. The Morgan fingerprint density at radius 2 is 1.74 bits per heavy atom. The number of aromatic hydroxyl groups is 1. The highest BCUT2D eigenvalue weighted by atomic mass is 19.1. The summed E-state index contributed by atoms with van der Waals surface area (Å²) in [6.45, 7) is 0.0404. The van der Waals surface area contributed by atoms with Crippen LogP contribution >= 0.6 is 0 Å². The molecule has 0 atom stereocenters. The molecule has 1 aromatic heterocycles. The summed E-state index contributed by atoms with van der Waals surface area (Å²) in [5, 5.41) is 10.3. The summed E-state index contributed by atoms with van der Waals surface area (Å²) in [5.74, 6) is -0.572. The monoisotopic (exact) mass is 455 g/mol. The zero-order chi connectivity index (χ0) is 23.5. The molecule has 5 rings (SSSR count). The van der Waals surface area contributed by atoms with Crippen LogP contribution in [-0.2, 0) is 11.2 Å². The van der Waals surface area contributed by atoms with E-state index in [2.05, 4.69) is 0 Å². The number of benzene rings is 3. The Kier molecular flexibility index (Phi) is 5.95. The van der Waals surface area contributed by atoms with Crippen molar-refractivity contribution in [3.63, 3.8) is 0 Å². The normalized spacial score (nSPS) is 13.7. The van der Waals surface area contributed by atoms with Crippen molar-refractivity contribution in [2.45, 2.75) is 12.8 Å². The van der Waals surface area contributed by atoms with E-state index in [1.807, 2.05) is 42.5 Å². The van der Waals surface area contributed by atoms with Gasteiger partial charge < -0.3 is 14.6 Å². The standard InChI is InChI=1S/C28H22FNO4/c29-23-6-2-4-8-25(23)33-15-16-34-28(32)26-21-5-1-3-7-24(21)30-27-19(11-14-22(26)27)17-18-9-12-20(31)13-10-18/h1-10,12-13,17,31H,11,14-16H2/b19-17+. The number of nitrogens with zero attached hydrogens (tertiary/aromatic N) is 1. The molecule has 1 aliphatic rings. The van der Waals surface area contributed by atoms with Gasteiger partial charge in [0.15, 0.2) is 11.6 Å². The lowest BCUT2D eigenvalue weighted by Crippen LogP contribution is -2.15. The lowest BCUT2D eigenvalue weighted by molar-refractivity contribution is 0.0449. The van der Waals surface area contributed by atoms with Gasteiger partial charge in [-0.1, -0.05) is 42.5 Å². The van der Waals surface area contributed by atoms with E-state index in [1.165, 1.54) is 12.1 Å². The number of allylic oxidation sites excluding steroid dienone is 1. The van der Waals surface area contributed by atoms with E-state index in [1.54, 1.807) is 24.3 Å². The number of para-hydroxylation sites is 2. The van der Waals surface area contributed by atoms with E-state index in [9.17, 15) is 14.3 Å². The molecule has 0 spiro atoms. The summed E-state index contributed by atoms with van der Waals surface area (Å²) in [5.41, 5.74) is 4.87. The quantitative estimate of drug-likeness (QED) is 0.294. The maximum absolute atomic E-state index is 13.7. The summed E-state index contributed by atoms with van der Waals surface area (Å²) < 4.78 is 24.7. The van der Waals surface area contributed by atoms with Crippen molar-refractivity contribution in [2.24, 2.45) is 0 Å². The van der Waals surface area contributed by atoms with E-state index in [0.717, 1.165) is 34.2 Å². The van der Waals surface area contributed by atoms with Crippen LogP contribution in [0.3, 0.4) is 0 Å². The van der Waals surface area contributed by atoms with Gasteiger partial charge in [0, 0.05) is 5.39 Å². The van der Waals surface area contributed by atoms with Crippen LogP contribution in [0.5, 0.6) is 11.5 Å². The second kappa shape index (κ2) is 9.35. The van der Waals surface area contributed by atoms with Gasteiger partial charge >= 0.3 is 5.97 Å². The number of ether oxygens (including phenoxy) is 2. The van der Waals surface area contributed by atoms with E-state index in [-0.39, 0.29) is 24.7 Å². The Morgan fingerprint density at radius 1 is 0.971 bits per heavy atom. The number of pyridine rings is 1. The number of hydrogen-bond donors (Lipinski definition) is 1. The summed E-state index contributed by atoms with van der Waals surface area (Å²) in [4.78, 5) is 18.0. The van der Waals surface area contributed by atoms with Gasteiger partial charge in [-0.15, -0.1) is 0 Å². The topological polar surface area (TPSA) is 68.7 Å². The van der Waals surface area contributed by atoms with E-state index >= 15 is 0 Å². The first kappa shape index (κ1) is 21.6. The maximum Gasteiger partial charge on any atom is 0.339 e. The smallest absolute Gasteiger partial charge is 0.339 e. The highest BCUT2D eigenvalue weighted by Crippen LogP contribution is 2.38. The zero-order valence-electron chi connectivity index (χ0n) is 18.3. The molecular weight excluding hydrogens is 433 g/mol. The molecule has 0 aliphatic heterocycles. The number of phenols is 1. The molecule has 1 N–H and O–H groups in total. The number of carbonyl (C=O) groups excluding carboxylic acids is 1. The molecule has 34 heavy (non-hydrogen) atoms. The lowest BCUT2D eigenvalue weighted by Gasteiger charge is -2.13. The molecule has 0 saturated heterocycles. The van der Waals surface area contributed by atoms with Crippen LogP contribution in [0.2, 0.25) is 0 Å². The van der Waals surface area contributed by atoms with Crippen LogP contribution in [0.4, 0.5) is 4.39 Å². The van der Waals surface area contributed by atoms with Crippen LogP contribution in [0.25, 0.3) is 22.6 Å². The third-order valence-electron chi connectivity index (χ3n) is 5.79. The largest absolute Gasteiger partial charge is 0.508 e. The summed E-state index contributed by atoms with van der Waals surface area (Å²) >= 11 is 0. The number of aromatic nitrogens is 1. The summed E-state index contributed by atoms with van der Waals surface area (Å²) in [6.07, 6.45) is 3.45. The molecule has 0 unspecified atom stereocenters. The van der Waals surface area contributed by atoms with Gasteiger partial charge in [-0.25, -0.2) is 14.2 Å². The predicted molar refractivity (Wildman–Crippen MR) is 128 cm³/mol. The zero-order valence-corrected chi connectivity index (χ0v) is 18.3. The van der Waals surface area contributed by atoms with Crippen LogP contribution in [0, 0.1) is 5.82 Å². The molecule has 1 heterocycles. The number of fused-ring (bicyclic) bond motifs is 2. The van der Waals surface area contributed by atoms with Crippen LogP contribution in [0.15, 0.2) is 72.8 Å². The first-order valence-electron chi connectivity index (χ1n) is 11.1. The molecule has 6 heteroatoms. The van der Waals surface area contributed by atoms with Crippen molar-refractivity contribution >= 4 is 28.5 Å². The van der Waals surface area contributed by atoms with Crippen LogP contribution in [0.1, 0.15) is 33.6 Å². The third-order valence-corrected chi connectivity index (χ3v) is 5.79. The number of esters is 1. The highest BCUT2D eigenvalue weighted by molar-refractivity contribution is 6.07. The van der Waals surface area contributed by atoms with Crippen molar-refractivity contribution in [1.29, 1.82) is 0 Å². The van der Waals surface area contributed by atoms with Gasteiger partial charge in [0.2, 0.25) is 0 Å². The minimum Gasteiger partial charge on any atom is -0.508 e. The Morgan fingerprint density at radius 3 is 2.56 bits per heavy atom. The van der Waals surface area contributed by atoms with E-state index in [0.29, 0.717) is 17.5 Å². The number of halogens is 1. The van der Waals surface area contributed by atoms with Gasteiger partial charge in [-0.3, -0.25) is 0 Å². The molecule has 4 aromatic rings. The maximum atomic E-state index is 13.7. The minimum atomic E-state index is -0.459. The second-order valence-corrected chi connectivity index (χ2v) is 8.01. The average Bonchev–Trinajstić information content (AvgIpc) is 3.24. The van der Waals surface area contributed by atoms with Crippen molar-refractivity contribution in [2.75, 3.05) is 13.2 Å². The first-order chi connectivity index (χ1) is 16.6. The molecular formula is C28H22FNO4. The fraction of sp³-hybridized carbons (Fsp3) is 0.143. The Bertz CT molecular complexity index is 1400. The molecule has 170 valence electrons. The summed E-state index contributed by atoms with van der Waals surface area (Å²) in [7, 11) is 0. The van der Waals surface area contributed by atoms with Crippen LogP contribution < -0.4 is 4.74 Å². The van der Waals surface area contributed by atoms with Gasteiger partial charge in [0.25, 0.3) is 0 Å². The SMILES string of the molecule is O=C(OCCOc1ccccc1F)c1c2c(nc3ccccc13)/C(=C/c1ccc(O)cc1)CC2. The predicted octanol–water partition coefficient (Wildman–Crippen LogP) is 5.80. The van der Waals surface area contributed by atoms with Gasteiger partial charge in [-0.2, -0.15) is 0 Å². The highest BCUT2D eigenvalue weighted by Gasteiger charge is 2.27. The molecule has 0 bridgehead atoms. The molecule has 0 saturated carbocycles.